The summed E-state index contributed by atoms with van der Waals surface area (Å²) in [6.45, 7) is 5.28. The Kier molecular flexibility index (Phi) is 3.69. The molecule has 88 valence electrons. The van der Waals surface area contributed by atoms with Gasteiger partial charge in [-0.1, -0.05) is 11.3 Å². The first-order valence-corrected chi connectivity index (χ1v) is 6.03. The van der Waals surface area contributed by atoms with E-state index in [1.807, 2.05) is 0 Å². The van der Waals surface area contributed by atoms with Crippen LogP contribution in [-0.4, -0.2) is 28.0 Å². The summed E-state index contributed by atoms with van der Waals surface area (Å²) in [7, 11) is 0. The van der Waals surface area contributed by atoms with Gasteiger partial charge in [-0.2, -0.15) is 0 Å². The third kappa shape index (κ3) is 2.59. The summed E-state index contributed by atoms with van der Waals surface area (Å²) < 4.78 is 0.373. The molecule has 1 heterocycles. The molecule has 1 aromatic rings. The first-order valence-electron chi connectivity index (χ1n) is 4.42. The highest BCUT2D eigenvalue weighted by Crippen LogP contribution is 2.32. The SMILES string of the molecule is CC(C)(C)N(C(=O)O)c1nc(Br)c(C=O)s1. The van der Waals surface area contributed by atoms with Crippen LogP contribution in [-0.2, 0) is 0 Å². The van der Waals surface area contributed by atoms with Crippen molar-refractivity contribution >= 4 is 44.8 Å². The van der Waals surface area contributed by atoms with Gasteiger partial charge in [-0.05, 0) is 36.7 Å². The molecule has 0 unspecified atom stereocenters. The molecular formula is C9H11BrN2O3S. The number of amides is 1. The fraction of sp³-hybridized carbons (Fsp3) is 0.444. The number of aldehydes is 1. The van der Waals surface area contributed by atoms with E-state index in [1.54, 1.807) is 20.8 Å². The molecule has 1 rings (SSSR count). The average Bonchev–Trinajstić information content (AvgIpc) is 2.43. The Morgan fingerprint density at radius 3 is 2.44 bits per heavy atom. The molecule has 0 atom stereocenters. The molecule has 0 aromatic carbocycles. The molecule has 0 fully saturated rings. The second-order valence-corrected chi connectivity index (χ2v) is 5.82. The number of rotatable bonds is 2. The topological polar surface area (TPSA) is 70.5 Å². The van der Waals surface area contributed by atoms with Gasteiger partial charge in [0.2, 0.25) is 0 Å². The van der Waals surface area contributed by atoms with E-state index in [0.717, 1.165) is 16.2 Å². The zero-order valence-corrected chi connectivity index (χ0v) is 11.4. The summed E-state index contributed by atoms with van der Waals surface area (Å²) in [5.74, 6) is 0. The van der Waals surface area contributed by atoms with E-state index in [0.29, 0.717) is 15.8 Å². The fourth-order valence-corrected chi connectivity index (χ4v) is 2.70. The van der Waals surface area contributed by atoms with Gasteiger partial charge in [0, 0.05) is 5.54 Å². The van der Waals surface area contributed by atoms with Gasteiger partial charge in [-0.3, -0.25) is 4.79 Å². The maximum atomic E-state index is 11.1. The molecule has 16 heavy (non-hydrogen) atoms. The highest BCUT2D eigenvalue weighted by atomic mass is 79.9. The second kappa shape index (κ2) is 4.50. The van der Waals surface area contributed by atoms with Crippen LogP contribution in [0.3, 0.4) is 0 Å². The quantitative estimate of drug-likeness (QED) is 0.853. The Hall–Kier alpha value is -0.950. The predicted molar refractivity (Wildman–Crippen MR) is 65.5 cm³/mol. The van der Waals surface area contributed by atoms with Crippen molar-refractivity contribution in [2.24, 2.45) is 0 Å². The van der Waals surface area contributed by atoms with Crippen molar-refractivity contribution in [1.82, 2.24) is 4.98 Å². The number of hydrogen-bond acceptors (Lipinski definition) is 4. The number of carboxylic acid groups (broad SMARTS) is 1. The summed E-state index contributed by atoms with van der Waals surface area (Å²) in [5.41, 5.74) is -0.608. The first-order chi connectivity index (χ1) is 7.27. The molecule has 0 bridgehead atoms. The number of halogens is 1. The zero-order valence-electron chi connectivity index (χ0n) is 9.02. The van der Waals surface area contributed by atoms with E-state index in [-0.39, 0.29) is 5.13 Å². The zero-order chi connectivity index (χ0) is 12.5. The lowest BCUT2D eigenvalue weighted by Gasteiger charge is -2.30. The number of aromatic nitrogens is 1. The van der Waals surface area contributed by atoms with Crippen LogP contribution in [0.15, 0.2) is 4.60 Å². The van der Waals surface area contributed by atoms with Gasteiger partial charge in [-0.15, -0.1) is 0 Å². The molecule has 7 heteroatoms. The Bertz CT molecular complexity index is 425. The van der Waals surface area contributed by atoms with Crippen LogP contribution in [0, 0.1) is 0 Å². The van der Waals surface area contributed by atoms with Crippen LogP contribution in [0.25, 0.3) is 0 Å². The number of anilines is 1. The lowest BCUT2D eigenvalue weighted by Crippen LogP contribution is -2.45. The van der Waals surface area contributed by atoms with Crippen molar-refractivity contribution in [2.75, 3.05) is 4.90 Å². The van der Waals surface area contributed by atoms with Crippen molar-refractivity contribution in [3.05, 3.63) is 9.48 Å². The van der Waals surface area contributed by atoms with Crippen LogP contribution in [0.2, 0.25) is 0 Å². The van der Waals surface area contributed by atoms with E-state index in [4.69, 9.17) is 5.11 Å². The largest absolute Gasteiger partial charge is 0.465 e. The maximum Gasteiger partial charge on any atom is 0.414 e. The van der Waals surface area contributed by atoms with E-state index >= 15 is 0 Å². The summed E-state index contributed by atoms with van der Waals surface area (Å²) in [4.78, 5) is 27.3. The Balaban J connectivity index is 3.22. The van der Waals surface area contributed by atoms with Gasteiger partial charge in [0.25, 0.3) is 0 Å². The Labute approximate surface area is 105 Å². The summed E-state index contributed by atoms with van der Waals surface area (Å²) >= 11 is 4.15. The molecule has 1 amide bonds. The molecule has 0 saturated carbocycles. The van der Waals surface area contributed by atoms with E-state index in [9.17, 15) is 9.59 Å². The highest BCUT2D eigenvalue weighted by molar-refractivity contribution is 9.10. The van der Waals surface area contributed by atoms with Crippen LogP contribution in [0.4, 0.5) is 9.93 Å². The van der Waals surface area contributed by atoms with Gasteiger partial charge < -0.3 is 5.11 Å². The first kappa shape index (κ1) is 13.1. The van der Waals surface area contributed by atoms with Crippen molar-refractivity contribution in [2.45, 2.75) is 26.3 Å². The number of nitrogens with zero attached hydrogens (tertiary/aromatic N) is 2. The third-order valence-corrected chi connectivity index (χ3v) is 3.59. The van der Waals surface area contributed by atoms with E-state index in [1.165, 1.54) is 0 Å². The Morgan fingerprint density at radius 2 is 2.12 bits per heavy atom. The second-order valence-electron chi connectivity index (χ2n) is 4.06. The smallest absolute Gasteiger partial charge is 0.414 e. The number of carbonyl (C=O) groups excluding carboxylic acids is 1. The fourth-order valence-electron chi connectivity index (χ4n) is 1.13. The molecule has 0 radical (unpaired) electrons. The summed E-state index contributed by atoms with van der Waals surface area (Å²) in [6.07, 6.45) is -0.445. The minimum Gasteiger partial charge on any atom is -0.465 e. The highest BCUT2D eigenvalue weighted by Gasteiger charge is 2.31. The Morgan fingerprint density at radius 1 is 1.56 bits per heavy atom. The molecule has 0 aliphatic heterocycles. The van der Waals surface area contributed by atoms with E-state index in [2.05, 4.69) is 20.9 Å². The third-order valence-electron chi connectivity index (χ3n) is 1.76. The maximum absolute atomic E-state index is 11.1. The van der Waals surface area contributed by atoms with Gasteiger partial charge >= 0.3 is 6.09 Å². The normalized spacial score (nSPS) is 11.2. The lowest BCUT2D eigenvalue weighted by atomic mass is 10.1. The number of carbonyl (C=O) groups is 2. The van der Waals surface area contributed by atoms with Gasteiger partial charge in [0.1, 0.15) is 9.48 Å². The lowest BCUT2D eigenvalue weighted by molar-refractivity contribution is 0.112. The van der Waals surface area contributed by atoms with Crippen LogP contribution in [0.1, 0.15) is 30.4 Å². The van der Waals surface area contributed by atoms with Gasteiger partial charge in [0.15, 0.2) is 11.4 Å². The van der Waals surface area contributed by atoms with Crippen molar-refractivity contribution < 1.29 is 14.7 Å². The van der Waals surface area contributed by atoms with Crippen molar-refractivity contribution in [1.29, 1.82) is 0 Å². The minimum atomic E-state index is -1.09. The summed E-state index contributed by atoms with van der Waals surface area (Å²) in [5, 5.41) is 9.41. The molecule has 0 spiro atoms. The predicted octanol–water partition coefficient (Wildman–Crippen LogP) is 3.00. The minimum absolute atomic E-state index is 0.286. The molecule has 0 aliphatic rings. The average molecular weight is 307 g/mol. The molecule has 1 N–H and O–H groups in total. The van der Waals surface area contributed by atoms with Crippen LogP contribution < -0.4 is 4.90 Å². The molecule has 0 aliphatic carbocycles. The molecular weight excluding hydrogens is 296 g/mol. The van der Waals surface area contributed by atoms with Crippen LogP contribution in [0.5, 0.6) is 0 Å². The van der Waals surface area contributed by atoms with Crippen molar-refractivity contribution in [3.63, 3.8) is 0 Å². The van der Waals surface area contributed by atoms with Crippen LogP contribution >= 0.6 is 27.3 Å². The van der Waals surface area contributed by atoms with Gasteiger partial charge in [-0.25, -0.2) is 14.7 Å². The van der Waals surface area contributed by atoms with Crippen molar-refractivity contribution in [3.8, 4) is 0 Å². The molecule has 0 saturated heterocycles. The number of hydrogen-bond donors (Lipinski definition) is 1. The molecule has 1 aromatic heterocycles. The standard InChI is InChI=1S/C9H11BrN2O3S/c1-9(2,3)12(8(14)15)7-11-6(10)5(4-13)16-7/h4H,1-3H3,(H,14,15). The summed E-state index contributed by atoms with van der Waals surface area (Å²) in [6, 6.07) is 0. The molecule has 5 nitrogen and oxygen atoms in total. The van der Waals surface area contributed by atoms with E-state index < -0.39 is 11.6 Å². The van der Waals surface area contributed by atoms with Gasteiger partial charge in [0.05, 0.1) is 0 Å². The monoisotopic (exact) mass is 306 g/mol. The number of thiazole rings is 1.